The molecule has 0 bridgehead atoms. The first-order chi connectivity index (χ1) is 17.9. The van der Waals surface area contributed by atoms with E-state index in [4.69, 9.17) is 21.7 Å². The molecule has 0 aliphatic carbocycles. The first-order valence-corrected chi connectivity index (χ1v) is 13.3. The maximum atomic E-state index is 13.0. The fourth-order valence-corrected chi connectivity index (χ4v) is 4.72. The third-order valence-corrected chi connectivity index (χ3v) is 6.78. The molecule has 0 saturated heterocycles. The predicted molar refractivity (Wildman–Crippen MR) is 150 cm³/mol. The fraction of sp³-hybridized carbons (Fsp3) is 0.414. The highest BCUT2D eigenvalue weighted by Crippen LogP contribution is 2.32. The number of methoxy groups -OCH3 is 1. The Kier molecular flexibility index (Phi) is 10.7. The lowest BCUT2D eigenvalue weighted by atomic mass is 9.95. The van der Waals surface area contributed by atoms with E-state index in [1.165, 1.54) is 18.4 Å². The molecule has 0 fully saturated rings. The summed E-state index contributed by atoms with van der Waals surface area (Å²) in [7, 11) is 1.56. The van der Waals surface area contributed by atoms with E-state index in [9.17, 15) is 9.59 Å². The number of anilines is 1. The monoisotopic (exact) mass is 523 g/mol. The molecule has 7 nitrogen and oxygen atoms in total. The van der Waals surface area contributed by atoms with Crippen LogP contribution in [0.25, 0.3) is 0 Å². The van der Waals surface area contributed by atoms with Gasteiger partial charge in [-0.25, -0.2) is 4.79 Å². The van der Waals surface area contributed by atoms with Crippen LogP contribution in [0.5, 0.6) is 0 Å². The highest BCUT2D eigenvalue weighted by Gasteiger charge is 2.34. The van der Waals surface area contributed by atoms with Gasteiger partial charge in [-0.2, -0.15) is 0 Å². The molecule has 1 heterocycles. The highest BCUT2D eigenvalue weighted by atomic mass is 32.1. The number of aryl methyl sites for hydroxylation is 1. The number of unbranched alkanes of at least 4 members (excludes halogenated alkanes) is 2. The molecular weight excluding hydrogens is 486 g/mol. The summed E-state index contributed by atoms with van der Waals surface area (Å²) in [4.78, 5) is 27.6. The fourth-order valence-electron chi connectivity index (χ4n) is 4.34. The van der Waals surface area contributed by atoms with Gasteiger partial charge in [0.15, 0.2) is 5.11 Å². The van der Waals surface area contributed by atoms with Crippen molar-refractivity contribution in [2.24, 2.45) is 0 Å². The van der Waals surface area contributed by atoms with E-state index >= 15 is 0 Å². The van der Waals surface area contributed by atoms with Crippen molar-refractivity contribution in [2.75, 3.05) is 32.2 Å². The van der Waals surface area contributed by atoms with Crippen LogP contribution in [0.15, 0.2) is 59.8 Å². The minimum atomic E-state index is -0.463. The molecule has 0 saturated carbocycles. The van der Waals surface area contributed by atoms with Crippen LogP contribution in [0.2, 0.25) is 0 Å². The summed E-state index contributed by atoms with van der Waals surface area (Å²) in [6, 6.07) is 14.7. The summed E-state index contributed by atoms with van der Waals surface area (Å²) < 4.78 is 10.4. The number of esters is 1. The van der Waals surface area contributed by atoms with Crippen LogP contribution in [0.1, 0.15) is 67.6 Å². The Morgan fingerprint density at radius 3 is 2.35 bits per heavy atom. The van der Waals surface area contributed by atoms with E-state index < -0.39 is 12.0 Å². The van der Waals surface area contributed by atoms with Gasteiger partial charge in [0.05, 0.1) is 18.2 Å². The van der Waals surface area contributed by atoms with Gasteiger partial charge in [0.25, 0.3) is 5.91 Å². The third kappa shape index (κ3) is 7.40. The number of benzene rings is 2. The van der Waals surface area contributed by atoms with E-state index in [0.717, 1.165) is 24.1 Å². The summed E-state index contributed by atoms with van der Waals surface area (Å²) >= 11 is 5.55. The average Bonchev–Trinajstić information content (AvgIpc) is 2.89. The Hall–Kier alpha value is -3.23. The summed E-state index contributed by atoms with van der Waals surface area (Å²) in [5, 5.41) is 6.78. The molecule has 0 spiro atoms. The number of ether oxygens (including phenoxy) is 2. The van der Waals surface area contributed by atoms with Gasteiger partial charge >= 0.3 is 5.97 Å². The minimum absolute atomic E-state index is 0.165. The first kappa shape index (κ1) is 28.3. The minimum Gasteiger partial charge on any atom is -0.460 e. The van der Waals surface area contributed by atoms with Crippen molar-refractivity contribution in [3.05, 3.63) is 76.5 Å². The van der Waals surface area contributed by atoms with Gasteiger partial charge in [-0.15, -0.1) is 0 Å². The number of nitrogens with zero attached hydrogens (tertiary/aromatic N) is 1. The molecule has 1 amide bonds. The van der Waals surface area contributed by atoms with Gasteiger partial charge in [0.1, 0.15) is 6.61 Å². The van der Waals surface area contributed by atoms with Gasteiger partial charge in [-0.3, -0.25) is 4.79 Å². The Bertz CT molecular complexity index is 1110. The summed E-state index contributed by atoms with van der Waals surface area (Å²) in [6.07, 6.45) is 4.59. The Labute approximate surface area is 225 Å². The van der Waals surface area contributed by atoms with E-state index in [1.807, 2.05) is 67.3 Å². The lowest BCUT2D eigenvalue weighted by Gasteiger charge is -2.37. The number of hydrogen-bond acceptors (Lipinski definition) is 5. The molecule has 0 radical (unpaired) electrons. The Morgan fingerprint density at radius 2 is 1.73 bits per heavy atom. The van der Waals surface area contributed by atoms with Gasteiger partial charge in [0.2, 0.25) is 0 Å². The van der Waals surface area contributed by atoms with Crippen molar-refractivity contribution >= 4 is 34.9 Å². The number of rotatable bonds is 12. The number of hydrogen-bond donors (Lipinski definition) is 2. The number of carbonyl (C=O) groups excluding carboxylic acids is 2. The molecule has 0 aromatic heterocycles. The first-order valence-electron chi connectivity index (χ1n) is 12.8. The second-order valence-corrected chi connectivity index (χ2v) is 9.37. The summed E-state index contributed by atoms with van der Waals surface area (Å²) in [5.41, 5.74) is 4.62. The molecule has 3 rings (SSSR count). The zero-order valence-corrected chi connectivity index (χ0v) is 23.0. The smallest absolute Gasteiger partial charge is 0.338 e. The second kappa shape index (κ2) is 13.9. The molecule has 1 aliphatic rings. The molecule has 1 unspecified atom stereocenters. The van der Waals surface area contributed by atoms with Gasteiger partial charge in [0, 0.05) is 30.6 Å². The topological polar surface area (TPSA) is 79.9 Å². The Balaban J connectivity index is 1.73. The molecule has 2 aromatic rings. The SMILES string of the molecule is CCCCCc1ccc(C(=O)Nc2ccc(C3NC(=S)N(CC)C(C)=C3C(=O)OCCOC)cc2)cc1. The molecule has 2 aromatic carbocycles. The van der Waals surface area contributed by atoms with Crippen molar-refractivity contribution < 1.29 is 19.1 Å². The second-order valence-electron chi connectivity index (χ2n) is 8.98. The Morgan fingerprint density at radius 1 is 1.03 bits per heavy atom. The van der Waals surface area contributed by atoms with Crippen LogP contribution in [-0.2, 0) is 20.7 Å². The van der Waals surface area contributed by atoms with Gasteiger partial charge < -0.3 is 25.0 Å². The lowest BCUT2D eigenvalue weighted by molar-refractivity contribution is -0.140. The normalized spacial score (nSPS) is 15.4. The number of thiocarbonyl (C=S) groups is 1. The average molecular weight is 524 g/mol. The van der Waals surface area contributed by atoms with Gasteiger partial charge in [-0.05, 0) is 74.3 Å². The zero-order valence-electron chi connectivity index (χ0n) is 22.1. The number of carbonyl (C=O) groups is 2. The summed E-state index contributed by atoms with van der Waals surface area (Å²) in [5.74, 6) is -0.579. The molecule has 2 N–H and O–H groups in total. The maximum absolute atomic E-state index is 13.0. The number of amides is 1. The van der Waals surface area contributed by atoms with Crippen molar-refractivity contribution in [1.82, 2.24) is 10.2 Å². The molecule has 8 heteroatoms. The third-order valence-electron chi connectivity index (χ3n) is 6.44. The van der Waals surface area contributed by atoms with Crippen molar-refractivity contribution in [1.29, 1.82) is 0 Å². The number of nitrogens with one attached hydrogen (secondary N) is 2. The zero-order chi connectivity index (χ0) is 26.8. The molecule has 1 atom stereocenters. The largest absolute Gasteiger partial charge is 0.460 e. The van der Waals surface area contributed by atoms with Crippen LogP contribution in [0, 0.1) is 0 Å². The van der Waals surface area contributed by atoms with Crippen LogP contribution in [0.3, 0.4) is 0 Å². The van der Waals surface area contributed by atoms with Crippen molar-refractivity contribution in [3.63, 3.8) is 0 Å². The van der Waals surface area contributed by atoms with E-state index in [0.29, 0.717) is 35.1 Å². The van der Waals surface area contributed by atoms with Crippen LogP contribution in [-0.4, -0.2) is 48.8 Å². The van der Waals surface area contributed by atoms with Crippen molar-refractivity contribution in [3.8, 4) is 0 Å². The van der Waals surface area contributed by atoms with Crippen LogP contribution >= 0.6 is 12.2 Å². The maximum Gasteiger partial charge on any atom is 0.338 e. The van der Waals surface area contributed by atoms with E-state index in [2.05, 4.69) is 17.6 Å². The molecule has 37 heavy (non-hydrogen) atoms. The van der Waals surface area contributed by atoms with Gasteiger partial charge in [-0.1, -0.05) is 44.0 Å². The lowest BCUT2D eigenvalue weighted by Crippen LogP contribution is -2.47. The molecular formula is C29H37N3O4S. The standard InChI is InChI=1S/C29H37N3O4S/c1-5-7-8-9-21-10-12-23(13-11-21)27(33)30-24-16-14-22(15-17-24)26-25(28(34)36-19-18-35-4)20(3)32(6-2)29(37)31-26/h10-17,26H,5-9,18-19H2,1-4H3,(H,30,33)(H,31,37). The van der Waals surface area contributed by atoms with Crippen molar-refractivity contribution in [2.45, 2.75) is 52.5 Å². The number of allylic oxidation sites excluding steroid dienone is 1. The van der Waals surface area contributed by atoms with Crippen LogP contribution < -0.4 is 10.6 Å². The molecule has 1 aliphatic heterocycles. The van der Waals surface area contributed by atoms with Crippen LogP contribution in [0.4, 0.5) is 5.69 Å². The predicted octanol–water partition coefficient (Wildman–Crippen LogP) is 5.39. The molecule has 198 valence electrons. The quantitative estimate of drug-likeness (QED) is 0.219. The van der Waals surface area contributed by atoms with E-state index in [-0.39, 0.29) is 12.5 Å². The van der Waals surface area contributed by atoms with E-state index in [1.54, 1.807) is 7.11 Å². The highest BCUT2D eigenvalue weighted by molar-refractivity contribution is 7.80. The summed E-state index contributed by atoms with van der Waals surface area (Å²) in [6.45, 7) is 7.16.